The van der Waals surface area contributed by atoms with E-state index in [1.807, 2.05) is 42.2 Å². The Balaban J connectivity index is 2.01. The minimum atomic E-state index is -4.10. The standard InChI is InChI=1S/C27H37N2O7P/c1-26(2,3)35-37(30,36-27(4,5)6)34-25-23(31-9)14-20(15-24(25)32-10)33-19-11-12-22-21(13-19)18(16-28-7)17-29(22)8/h11-17H,1-10H3. The first kappa shape index (κ1) is 28.6. The van der Waals surface area contributed by atoms with Gasteiger partial charge < -0.3 is 23.3 Å². The highest BCUT2D eigenvalue weighted by Crippen LogP contribution is 2.58. The van der Waals surface area contributed by atoms with Crippen LogP contribution in [0.3, 0.4) is 0 Å². The van der Waals surface area contributed by atoms with E-state index in [0.717, 1.165) is 16.5 Å². The molecule has 10 heteroatoms. The highest BCUT2D eigenvalue weighted by Gasteiger charge is 2.40. The first-order valence-corrected chi connectivity index (χ1v) is 13.3. The molecule has 0 aliphatic heterocycles. The second-order valence-corrected chi connectivity index (χ2v) is 11.9. The number of methoxy groups -OCH3 is 2. The van der Waals surface area contributed by atoms with Crippen LogP contribution in [0.4, 0.5) is 0 Å². The van der Waals surface area contributed by atoms with Gasteiger partial charge in [-0.25, -0.2) is 4.57 Å². The smallest absolute Gasteiger partial charge is 0.493 e. The zero-order chi connectivity index (χ0) is 27.6. The maximum Gasteiger partial charge on any atom is 0.531 e. The van der Waals surface area contributed by atoms with Crippen LogP contribution in [0.5, 0.6) is 28.7 Å². The molecule has 1 aromatic heterocycles. The fourth-order valence-corrected chi connectivity index (χ4v) is 5.54. The monoisotopic (exact) mass is 532 g/mol. The van der Waals surface area contributed by atoms with Crippen LogP contribution >= 0.6 is 7.82 Å². The van der Waals surface area contributed by atoms with Crippen LogP contribution < -0.4 is 18.7 Å². The molecule has 3 rings (SSSR count). The lowest BCUT2D eigenvalue weighted by molar-refractivity contribution is 0.0216. The minimum Gasteiger partial charge on any atom is -0.493 e. The Hall–Kier alpha value is -3.00. The molecule has 9 nitrogen and oxygen atoms in total. The Morgan fingerprint density at radius 1 is 0.892 bits per heavy atom. The maximum atomic E-state index is 13.7. The van der Waals surface area contributed by atoms with Gasteiger partial charge in [0.25, 0.3) is 0 Å². The van der Waals surface area contributed by atoms with Gasteiger partial charge in [0.2, 0.25) is 5.75 Å². The van der Waals surface area contributed by atoms with E-state index in [1.165, 1.54) is 14.2 Å². The summed E-state index contributed by atoms with van der Waals surface area (Å²) in [5, 5.41) is 1.00. The molecule has 0 amide bonds. The number of phosphoric acid groups is 1. The third-order valence-electron chi connectivity index (χ3n) is 4.90. The SMILES string of the molecule is CN=Cc1cn(C)c2ccc(Oc3cc(OC)c(OP(=O)(OC(C)(C)C)OC(C)(C)C)c(OC)c3)cc12. The van der Waals surface area contributed by atoms with Crippen LogP contribution in [0, 0.1) is 0 Å². The number of aromatic nitrogens is 1. The molecule has 1 heterocycles. The average Bonchev–Trinajstić information content (AvgIpc) is 3.06. The number of aryl methyl sites for hydroxylation is 1. The van der Waals surface area contributed by atoms with Gasteiger partial charge in [0.15, 0.2) is 11.5 Å². The van der Waals surface area contributed by atoms with Gasteiger partial charge in [0, 0.05) is 55.1 Å². The second kappa shape index (κ2) is 10.8. The van der Waals surface area contributed by atoms with Gasteiger partial charge in [-0.15, -0.1) is 0 Å². The van der Waals surface area contributed by atoms with E-state index in [-0.39, 0.29) is 17.2 Å². The normalized spacial score (nSPS) is 12.8. The Morgan fingerprint density at radius 2 is 1.46 bits per heavy atom. The number of hydrogen-bond acceptors (Lipinski definition) is 8. The molecule has 0 aliphatic carbocycles. The fraction of sp³-hybridized carbons (Fsp3) is 0.444. The van der Waals surface area contributed by atoms with E-state index in [2.05, 4.69) is 4.99 Å². The summed E-state index contributed by atoms with van der Waals surface area (Å²) in [6.07, 6.45) is 3.82. The number of benzene rings is 2. The highest BCUT2D eigenvalue weighted by molar-refractivity contribution is 7.49. The van der Waals surface area contributed by atoms with Gasteiger partial charge in [0.05, 0.1) is 25.4 Å². The van der Waals surface area contributed by atoms with Crippen molar-refractivity contribution in [2.45, 2.75) is 52.7 Å². The van der Waals surface area contributed by atoms with Crippen LogP contribution in [0.1, 0.15) is 47.1 Å². The van der Waals surface area contributed by atoms with Crippen molar-refractivity contribution in [3.63, 3.8) is 0 Å². The summed E-state index contributed by atoms with van der Waals surface area (Å²) in [6, 6.07) is 9.05. The number of phosphoric ester groups is 1. The molecule has 3 aromatic rings. The van der Waals surface area contributed by atoms with Gasteiger partial charge in [-0.05, 0) is 59.7 Å². The van der Waals surface area contributed by atoms with E-state index in [0.29, 0.717) is 11.5 Å². The third kappa shape index (κ3) is 7.28. The van der Waals surface area contributed by atoms with Crippen molar-refractivity contribution in [1.82, 2.24) is 4.57 Å². The Bertz CT molecular complexity index is 1290. The summed E-state index contributed by atoms with van der Waals surface area (Å²) in [6.45, 7) is 10.6. The molecule has 0 atom stereocenters. The molecule has 0 bridgehead atoms. The third-order valence-corrected chi connectivity index (χ3v) is 6.85. The van der Waals surface area contributed by atoms with Crippen LogP contribution in [-0.4, -0.2) is 43.3 Å². The number of aliphatic imine (C=N–C) groups is 1. The van der Waals surface area contributed by atoms with Crippen molar-refractivity contribution >= 4 is 24.9 Å². The number of ether oxygens (including phenoxy) is 3. The van der Waals surface area contributed by atoms with Gasteiger partial charge in [-0.1, -0.05) is 0 Å². The van der Waals surface area contributed by atoms with E-state index in [9.17, 15) is 4.57 Å². The molecular weight excluding hydrogens is 495 g/mol. The lowest BCUT2D eigenvalue weighted by atomic mass is 10.2. The van der Waals surface area contributed by atoms with Crippen LogP contribution in [0.2, 0.25) is 0 Å². The average molecular weight is 533 g/mol. The van der Waals surface area contributed by atoms with Gasteiger partial charge in [-0.3, -0.25) is 14.0 Å². The number of rotatable bonds is 9. The lowest BCUT2D eigenvalue weighted by Gasteiger charge is -2.31. The predicted octanol–water partition coefficient (Wildman–Crippen LogP) is 7.15. The largest absolute Gasteiger partial charge is 0.531 e. The molecular formula is C27H37N2O7P. The molecule has 0 radical (unpaired) electrons. The molecule has 37 heavy (non-hydrogen) atoms. The molecule has 0 fully saturated rings. The summed E-state index contributed by atoms with van der Waals surface area (Å²) >= 11 is 0. The van der Waals surface area contributed by atoms with E-state index >= 15 is 0 Å². The number of nitrogens with zero attached hydrogens (tertiary/aromatic N) is 2. The fourth-order valence-electron chi connectivity index (χ4n) is 3.69. The first-order chi connectivity index (χ1) is 17.2. The predicted molar refractivity (Wildman–Crippen MR) is 146 cm³/mol. The molecule has 0 unspecified atom stereocenters. The highest BCUT2D eigenvalue weighted by atomic mass is 31.2. The lowest BCUT2D eigenvalue weighted by Crippen LogP contribution is -2.25. The molecule has 202 valence electrons. The quantitative estimate of drug-likeness (QED) is 0.213. The Labute approximate surface area is 218 Å². The molecule has 0 saturated carbocycles. The van der Waals surface area contributed by atoms with Crippen molar-refractivity contribution in [2.24, 2.45) is 12.0 Å². The zero-order valence-electron chi connectivity index (χ0n) is 23.2. The first-order valence-electron chi connectivity index (χ1n) is 11.8. The molecule has 0 spiro atoms. The molecule has 0 aliphatic rings. The second-order valence-electron chi connectivity index (χ2n) is 10.5. The molecule has 0 N–H and O–H groups in total. The summed E-state index contributed by atoms with van der Waals surface area (Å²) in [5.74, 6) is 1.60. The summed E-state index contributed by atoms with van der Waals surface area (Å²) in [7, 11) is 2.56. The van der Waals surface area contributed by atoms with Crippen molar-refractivity contribution in [1.29, 1.82) is 0 Å². The zero-order valence-corrected chi connectivity index (χ0v) is 24.1. The van der Waals surface area contributed by atoms with E-state index in [4.69, 9.17) is 27.8 Å². The topological polar surface area (TPSA) is 89.7 Å². The van der Waals surface area contributed by atoms with Crippen LogP contribution in [0.15, 0.2) is 41.5 Å². The van der Waals surface area contributed by atoms with Crippen molar-refractivity contribution in [3.8, 4) is 28.7 Å². The van der Waals surface area contributed by atoms with Crippen LogP contribution in [0.25, 0.3) is 10.9 Å². The van der Waals surface area contributed by atoms with Crippen molar-refractivity contribution < 1.29 is 32.3 Å². The van der Waals surface area contributed by atoms with Gasteiger partial charge in [0.1, 0.15) is 11.5 Å². The molecule has 0 saturated heterocycles. The number of fused-ring (bicyclic) bond motifs is 1. The minimum absolute atomic E-state index is 0.0779. The van der Waals surface area contributed by atoms with Crippen LogP contribution in [-0.2, 0) is 20.7 Å². The number of hydrogen-bond donors (Lipinski definition) is 0. The Kier molecular flexibility index (Phi) is 8.32. The van der Waals surface area contributed by atoms with Gasteiger partial charge in [-0.2, -0.15) is 0 Å². The van der Waals surface area contributed by atoms with E-state index < -0.39 is 19.0 Å². The van der Waals surface area contributed by atoms with Crippen molar-refractivity contribution in [3.05, 3.63) is 42.1 Å². The van der Waals surface area contributed by atoms with E-state index in [1.54, 1.807) is 60.7 Å². The summed E-state index contributed by atoms with van der Waals surface area (Å²) in [4.78, 5) is 4.14. The molecule has 2 aromatic carbocycles. The Morgan fingerprint density at radius 3 is 1.95 bits per heavy atom. The maximum absolute atomic E-state index is 13.7. The summed E-state index contributed by atoms with van der Waals surface area (Å²) in [5.41, 5.74) is 0.427. The van der Waals surface area contributed by atoms with Crippen molar-refractivity contribution in [2.75, 3.05) is 21.3 Å². The summed E-state index contributed by atoms with van der Waals surface area (Å²) < 4.78 is 50.4. The van der Waals surface area contributed by atoms with Gasteiger partial charge >= 0.3 is 7.82 Å².